The molecule has 0 spiro atoms. The Bertz CT molecular complexity index is 270. The maximum Gasteiger partial charge on any atom is 0.0987 e. The summed E-state index contributed by atoms with van der Waals surface area (Å²) < 4.78 is 11.9. The van der Waals surface area contributed by atoms with Crippen LogP contribution in [0.5, 0.6) is 0 Å². The Morgan fingerprint density at radius 3 is 2.47 bits per heavy atom. The first-order valence-electron chi connectivity index (χ1n) is 7.97. The molecule has 2 aliphatic rings. The van der Waals surface area contributed by atoms with Crippen molar-refractivity contribution >= 4 is 0 Å². The lowest BCUT2D eigenvalue weighted by atomic mass is 9.76. The van der Waals surface area contributed by atoms with Gasteiger partial charge in [-0.3, -0.25) is 0 Å². The topological polar surface area (TPSA) is 30.5 Å². The van der Waals surface area contributed by atoms with Gasteiger partial charge in [0.2, 0.25) is 0 Å². The van der Waals surface area contributed by atoms with E-state index >= 15 is 0 Å². The highest BCUT2D eigenvalue weighted by molar-refractivity contribution is 4.97. The van der Waals surface area contributed by atoms with E-state index in [1.54, 1.807) is 0 Å². The first kappa shape index (κ1) is 15.3. The molecule has 1 N–H and O–H groups in total. The van der Waals surface area contributed by atoms with Crippen LogP contribution in [0.3, 0.4) is 0 Å². The van der Waals surface area contributed by atoms with E-state index in [9.17, 15) is 0 Å². The minimum absolute atomic E-state index is 0.251. The number of rotatable bonds is 6. The van der Waals surface area contributed by atoms with E-state index in [1.807, 2.05) is 7.11 Å². The van der Waals surface area contributed by atoms with Gasteiger partial charge in [0.25, 0.3) is 0 Å². The molecule has 3 unspecified atom stereocenters. The summed E-state index contributed by atoms with van der Waals surface area (Å²) in [6.07, 6.45) is 8.32. The van der Waals surface area contributed by atoms with Crippen LogP contribution in [0.25, 0.3) is 0 Å². The SMILES string of the molecule is CCCNC1CC(OC2CCC(C)(C)CC2)C1OC. The molecule has 0 amide bonds. The molecule has 19 heavy (non-hydrogen) atoms. The predicted octanol–water partition coefficient (Wildman–Crippen LogP) is 3.13. The van der Waals surface area contributed by atoms with Crippen molar-refractivity contribution in [2.24, 2.45) is 5.41 Å². The Morgan fingerprint density at radius 1 is 1.21 bits per heavy atom. The van der Waals surface area contributed by atoms with Gasteiger partial charge in [0.15, 0.2) is 0 Å². The summed E-state index contributed by atoms with van der Waals surface area (Å²) in [5.74, 6) is 0. The van der Waals surface area contributed by atoms with Crippen molar-refractivity contribution in [3.05, 3.63) is 0 Å². The van der Waals surface area contributed by atoms with Crippen molar-refractivity contribution in [1.82, 2.24) is 5.32 Å². The second-order valence-corrected chi connectivity index (χ2v) is 7.03. The van der Waals surface area contributed by atoms with E-state index in [-0.39, 0.29) is 6.10 Å². The molecular weight excluding hydrogens is 238 g/mol. The van der Waals surface area contributed by atoms with Gasteiger partial charge < -0.3 is 14.8 Å². The van der Waals surface area contributed by atoms with E-state index in [1.165, 1.54) is 32.1 Å². The summed E-state index contributed by atoms with van der Waals surface area (Å²) in [5, 5.41) is 3.55. The molecular formula is C16H31NO2. The van der Waals surface area contributed by atoms with E-state index in [0.29, 0.717) is 23.7 Å². The fourth-order valence-corrected chi connectivity index (χ4v) is 3.32. The fraction of sp³-hybridized carbons (Fsp3) is 1.00. The minimum atomic E-state index is 0.251. The van der Waals surface area contributed by atoms with Crippen LogP contribution >= 0.6 is 0 Å². The number of ether oxygens (including phenoxy) is 2. The Morgan fingerprint density at radius 2 is 1.89 bits per heavy atom. The van der Waals surface area contributed by atoms with E-state index in [0.717, 1.165) is 13.0 Å². The Balaban J connectivity index is 1.72. The number of nitrogens with one attached hydrogen (secondary N) is 1. The summed E-state index contributed by atoms with van der Waals surface area (Å²) in [7, 11) is 1.81. The number of hydrogen-bond acceptors (Lipinski definition) is 3. The molecule has 3 nitrogen and oxygen atoms in total. The molecule has 2 aliphatic carbocycles. The van der Waals surface area contributed by atoms with Gasteiger partial charge in [0.05, 0.1) is 18.3 Å². The van der Waals surface area contributed by atoms with Crippen molar-refractivity contribution in [3.63, 3.8) is 0 Å². The maximum atomic E-state index is 6.27. The van der Waals surface area contributed by atoms with E-state index in [4.69, 9.17) is 9.47 Å². The van der Waals surface area contributed by atoms with Gasteiger partial charge in [-0.2, -0.15) is 0 Å². The van der Waals surface area contributed by atoms with Crippen LogP contribution in [0.1, 0.15) is 59.3 Å². The van der Waals surface area contributed by atoms with Crippen molar-refractivity contribution in [1.29, 1.82) is 0 Å². The predicted molar refractivity (Wildman–Crippen MR) is 78.4 cm³/mol. The van der Waals surface area contributed by atoms with Crippen molar-refractivity contribution in [2.45, 2.75) is 83.6 Å². The Labute approximate surface area is 118 Å². The summed E-state index contributed by atoms with van der Waals surface area (Å²) in [4.78, 5) is 0. The third-order valence-electron chi connectivity index (χ3n) is 4.83. The molecule has 0 aromatic rings. The molecule has 3 heteroatoms. The van der Waals surface area contributed by atoms with Crippen molar-refractivity contribution in [3.8, 4) is 0 Å². The molecule has 0 radical (unpaired) electrons. The summed E-state index contributed by atoms with van der Waals surface area (Å²) >= 11 is 0. The summed E-state index contributed by atoms with van der Waals surface area (Å²) in [6.45, 7) is 8.02. The third kappa shape index (κ3) is 3.93. The van der Waals surface area contributed by atoms with E-state index < -0.39 is 0 Å². The van der Waals surface area contributed by atoms with Crippen molar-refractivity contribution in [2.75, 3.05) is 13.7 Å². The minimum Gasteiger partial charge on any atom is -0.377 e. The largest absolute Gasteiger partial charge is 0.377 e. The molecule has 112 valence electrons. The number of hydrogen-bond donors (Lipinski definition) is 1. The lowest BCUT2D eigenvalue weighted by Gasteiger charge is -2.46. The van der Waals surface area contributed by atoms with Crippen LogP contribution in [0.2, 0.25) is 0 Å². The summed E-state index contributed by atoms with van der Waals surface area (Å²) in [6, 6.07) is 0.495. The lowest BCUT2D eigenvalue weighted by molar-refractivity contribution is -0.165. The monoisotopic (exact) mass is 269 g/mol. The van der Waals surface area contributed by atoms with Gasteiger partial charge in [0.1, 0.15) is 0 Å². The highest BCUT2D eigenvalue weighted by Gasteiger charge is 2.43. The Kier molecular flexibility index (Phi) is 5.27. The molecule has 0 bridgehead atoms. The Hall–Kier alpha value is -0.120. The molecule has 2 fully saturated rings. The van der Waals surface area contributed by atoms with Crippen LogP contribution in [0.4, 0.5) is 0 Å². The first-order chi connectivity index (χ1) is 9.05. The van der Waals surface area contributed by atoms with Gasteiger partial charge in [-0.15, -0.1) is 0 Å². The van der Waals surface area contributed by atoms with Gasteiger partial charge >= 0.3 is 0 Å². The maximum absolute atomic E-state index is 6.27. The number of methoxy groups -OCH3 is 1. The smallest absolute Gasteiger partial charge is 0.0987 e. The summed E-state index contributed by atoms with van der Waals surface area (Å²) in [5.41, 5.74) is 0.519. The van der Waals surface area contributed by atoms with Gasteiger partial charge in [-0.05, 0) is 50.5 Å². The lowest BCUT2D eigenvalue weighted by Crippen LogP contribution is -2.60. The highest BCUT2D eigenvalue weighted by atomic mass is 16.5. The molecule has 0 heterocycles. The average Bonchev–Trinajstić information content (AvgIpc) is 2.35. The molecule has 0 aromatic carbocycles. The van der Waals surface area contributed by atoms with Crippen LogP contribution in [0.15, 0.2) is 0 Å². The molecule has 2 saturated carbocycles. The zero-order valence-electron chi connectivity index (χ0n) is 13.1. The van der Waals surface area contributed by atoms with Crippen LogP contribution < -0.4 is 5.32 Å². The zero-order chi connectivity index (χ0) is 13.9. The standard InChI is InChI=1S/C16H31NO2/c1-5-10-17-13-11-14(15(13)18-4)19-12-6-8-16(2,3)9-7-12/h12-15,17H,5-11H2,1-4H3. The zero-order valence-corrected chi connectivity index (χ0v) is 13.1. The molecule has 2 rings (SSSR count). The molecule has 0 saturated heterocycles. The second-order valence-electron chi connectivity index (χ2n) is 7.03. The second kappa shape index (κ2) is 6.55. The molecule has 0 aromatic heterocycles. The quantitative estimate of drug-likeness (QED) is 0.803. The molecule has 3 atom stereocenters. The van der Waals surface area contributed by atoms with Crippen molar-refractivity contribution < 1.29 is 9.47 Å². The van der Waals surface area contributed by atoms with Crippen LogP contribution in [-0.2, 0) is 9.47 Å². The van der Waals surface area contributed by atoms with Gasteiger partial charge in [-0.25, -0.2) is 0 Å². The first-order valence-corrected chi connectivity index (χ1v) is 7.97. The van der Waals surface area contributed by atoms with Crippen LogP contribution in [-0.4, -0.2) is 38.0 Å². The van der Waals surface area contributed by atoms with Gasteiger partial charge in [0, 0.05) is 13.2 Å². The third-order valence-corrected chi connectivity index (χ3v) is 4.83. The normalized spacial score (nSPS) is 35.1. The van der Waals surface area contributed by atoms with Crippen LogP contribution in [0, 0.1) is 5.41 Å². The van der Waals surface area contributed by atoms with E-state index in [2.05, 4.69) is 26.1 Å². The average molecular weight is 269 g/mol. The van der Waals surface area contributed by atoms with Gasteiger partial charge in [-0.1, -0.05) is 20.8 Å². The molecule has 0 aliphatic heterocycles. The highest BCUT2D eigenvalue weighted by Crippen LogP contribution is 2.38. The fourth-order valence-electron chi connectivity index (χ4n) is 3.32.